The highest BCUT2D eigenvalue weighted by atomic mass is 35.5. The third kappa shape index (κ3) is 3.19. The number of aliphatic hydroxyl groups excluding tert-OH is 1. The smallest absolute Gasteiger partial charge is 0.197 e. The number of halogens is 1. The van der Waals surface area contributed by atoms with Gasteiger partial charge in [-0.2, -0.15) is 5.26 Å². The number of rotatable bonds is 3. The summed E-state index contributed by atoms with van der Waals surface area (Å²) in [4.78, 5) is 14.8. The second-order valence-corrected chi connectivity index (χ2v) is 7.85. The Morgan fingerprint density at radius 3 is 2.70 bits per heavy atom. The van der Waals surface area contributed by atoms with Gasteiger partial charge in [0.1, 0.15) is 28.2 Å². The molecule has 0 bridgehead atoms. The van der Waals surface area contributed by atoms with E-state index in [2.05, 4.69) is 0 Å². The number of likely N-dealkylation sites (tertiary alicyclic amines) is 1. The molecule has 0 spiro atoms. The fourth-order valence-electron chi connectivity index (χ4n) is 4.21. The molecule has 8 heteroatoms. The van der Waals surface area contributed by atoms with Gasteiger partial charge in [-0.1, -0.05) is 11.6 Å². The maximum atomic E-state index is 12.9. The number of phenols is 2. The lowest BCUT2D eigenvalue weighted by atomic mass is 9.89. The maximum Gasteiger partial charge on any atom is 0.197 e. The van der Waals surface area contributed by atoms with Crippen molar-refractivity contribution in [1.29, 1.82) is 5.26 Å². The first-order valence-corrected chi connectivity index (χ1v) is 9.77. The molecule has 4 rings (SSSR count). The van der Waals surface area contributed by atoms with Crippen molar-refractivity contribution in [3.05, 3.63) is 56.7 Å². The van der Waals surface area contributed by atoms with Crippen LogP contribution in [0.5, 0.6) is 11.5 Å². The lowest BCUT2D eigenvalue weighted by Crippen LogP contribution is -2.32. The van der Waals surface area contributed by atoms with Gasteiger partial charge < -0.3 is 24.6 Å². The number of benzene rings is 2. The molecular formula is C22H19ClN2O5. The van der Waals surface area contributed by atoms with E-state index >= 15 is 0 Å². The predicted octanol–water partition coefficient (Wildman–Crippen LogP) is 3.18. The van der Waals surface area contributed by atoms with E-state index in [0.29, 0.717) is 29.7 Å². The second kappa shape index (κ2) is 7.65. The molecule has 7 nitrogen and oxygen atoms in total. The Morgan fingerprint density at radius 2 is 2.03 bits per heavy atom. The van der Waals surface area contributed by atoms with Crippen molar-refractivity contribution < 1.29 is 19.7 Å². The van der Waals surface area contributed by atoms with Crippen LogP contribution in [-0.4, -0.2) is 46.5 Å². The molecular weight excluding hydrogens is 408 g/mol. The Labute approximate surface area is 177 Å². The van der Waals surface area contributed by atoms with Gasteiger partial charge in [0.05, 0.1) is 23.3 Å². The molecule has 3 N–H and O–H groups in total. The van der Waals surface area contributed by atoms with E-state index in [0.717, 1.165) is 6.07 Å². The SMILES string of the molecule is CN1CC[C@H](c2c(O)cc(O)c3c(=O)cc(-c4ccc(C#N)cc4Cl)oc23)[C@H]1CO. The molecule has 2 heterocycles. The lowest BCUT2D eigenvalue weighted by molar-refractivity contribution is 0.172. The minimum absolute atomic E-state index is 0.0393. The van der Waals surface area contributed by atoms with Crippen LogP contribution in [0.3, 0.4) is 0 Å². The summed E-state index contributed by atoms with van der Waals surface area (Å²) in [5.74, 6) is -0.729. The number of hydrogen-bond acceptors (Lipinski definition) is 7. The second-order valence-electron chi connectivity index (χ2n) is 7.44. The van der Waals surface area contributed by atoms with Crippen LogP contribution < -0.4 is 5.43 Å². The first-order chi connectivity index (χ1) is 14.3. The van der Waals surface area contributed by atoms with Gasteiger partial charge >= 0.3 is 0 Å². The average molecular weight is 427 g/mol. The zero-order valence-electron chi connectivity index (χ0n) is 16.1. The number of hydrogen-bond donors (Lipinski definition) is 3. The Bertz CT molecular complexity index is 1250. The number of nitrogens with zero attached hydrogens (tertiary/aromatic N) is 2. The fraction of sp³-hybridized carbons (Fsp3) is 0.273. The van der Waals surface area contributed by atoms with Crippen molar-refractivity contribution in [2.24, 2.45) is 0 Å². The summed E-state index contributed by atoms with van der Waals surface area (Å²) in [7, 11) is 1.87. The summed E-state index contributed by atoms with van der Waals surface area (Å²) in [5, 5.41) is 40.0. The zero-order chi connectivity index (χ0) is 21.6. The van der Waals surface area contributed by atoms with Crippen LogP contribution in [0.15, 0.2) is 39.5 Å². The highest BCUT2D eigenvalue weighted by Crippen LogP contribution is 2.44. The van der Waals surface area contributed by atoms with Crippen LogP contribution in [0.4, 0.5) is 0 Å². The molecule has 2 aromatic carbocycles. The molecule has 1 saturated heterocycles. The summed E-state index contributed by atoms with van der Waals surface area (Å²) < 4.78 is 6.03. The Morgan fingerprint density at radius 1 is 1.27 bits per heavy atom. The number of aliphatic hydroxyl groups is 1. The van der Waals surface area contributed by atoms with Crippen molar-refractivity contribution in [2.75, 3.05) is 20.2 Å². The van der Waals surface area contributed by atoms with E-state index in [4.69, 9.17) is 21.3 Å². The minimum atomic E-state index is -0.489. The zero-order valence-corrected chi connectivity index (χ0v) is 16.8. The lowest BCUT2D eigenvalue weighted by Gasteiger charge is -2.24. The van der Waals surface area contributed by atoms with Crippen molar-refractivity contribution in [2.45, 2.75) is 18.4 Å². The molecule has 1 aliphatic rings. The van der Waals surface area contributed by atoms with Gasteiger partial charge in [0.15, 0.2) is 5.43 Å². The molecule has 0 amide bonds. The molecule has 0 aliphatic carbocycles. The van der Waals surface area contributed by atoms with Crippen LogP contribution in [0.1, 0.15) is 23.5 Å². The normalized spacial score (nSPS) is 19.3. The number of fused-ring (bicyclic) bond motifs is 1. The van der Waals surface area contributed by atoms with E-state index in [1.807, 2.05) is 18.0 Å². The average Bonchev–Trinajstić information content (AvgIpc) is 3.07. The largest absolute Gasteiger partial charge is 0.507 e. The third-order valence-corrected chi connectivity index (χ3v) is 6.06. The van der Waals surface area contributed by atoms with Crippen LogP contribution in [0.2, 0.25) is 5.02 Å². The minimum Gasteiger partial charge on any atom is -0.507 e. The quantitative estimate of drug-likeness (QED) is 0.588. The molecule has 3 aromatic rings. The van der Waals surface area contributed by atoms with Gasteiger partial charge in [-0.15, -0.1) is 0 Å². The summed E-state index contributed by atoms with van der Waals surface area (Å²) >= 11 is 6.29. The number of likely N-dealkylation sites (N-methyl/N-ethyl adjacent to an activating group) is 1. The Kier molecular flexibility index (Phi) is 5.16. The molecule has 154 valence electrons. The highest BCUT2D eigenvalue weighted by molar-refractivity contribution is 6.33. The van der Waals surface area contributed by atoms with E-state index in [-0.39, 0.29) is 51.8 Å². The molecule has 1 aliphatic heterocycles. The molecule has 2 atom stereocenters. The van der Waals surface area contributed by atoms with Gasteiger partial charge in [0, 0.05) is 35.2 Å². The van der Waals surface area contributed by atoms with Gasteiger partial charge in [-0.05, 0) is 38.2 Å². The van der Waals surface area contributed by atoms with Crippen LogP contribution in [0, 0.1) is 11.3 Å². The van der Waals surface area contributed by atoms with Crippen molar-refractivity contribution in [1.82, 2.24) is 4.90 Å². The maximum absolute atomic E-state index is 12.9. The van der Waals surface area contributed by atoms with Crippen molar-refractivity contribution >= 4 is 22.6 Å². The summed E-state index contributed by atoms with van der Waals surface area (Å²) in [6, 6.07) is 8.68. The van der Waals surface area contributed by atoms with Crippen LogP contribution >= 0.6 is 11.6 Å². The molecule has 30 heavy (non-hydrogen) atoms. The molecule has 1 aromatic heterocycles. The number of phenolic OH excluding ortho intramolecular Hbond substituents is 2. The van der Waals surface area contributed by atoms with E-state index < -0.39 is 5.43 Å². The molecule has 0 radical (unpaired) electrons. The Balaban J connectivity index is 2.00. The Hall–Kier alpha value is -3.05. The van der Waals surface area contributed by atoms with Crippen molar-refractivity contribution in [3.63, 3.8) is 0 Å². The van der Waals surface area contributed by atoms with Gasteiger partial charge in [0.25, 0.3) is 0 Å². The summed E-state index contributed by atoms with van der Waals surface area (Å²) in [5.41, 5.74) is 0.717. The first kappa shape index (κ1) is 20.2. The molecule has 0 saturated carbocycles. The van der Waals surface area contributed by atoms with E-state index in [1.165, 1.54) is 12.1 Å². The highest BCUT2D eigenvalue weighted by Gasteiger charge is 2.36. The number of nitriles is 1. The standard InChI is InChI=1S/C22H19ClN2O5/c1-25-5-4-13(15(25)10-26)20-16(27)7-17(28)21-18(29)8-19(30-22(20)21)12-3-2-11(9-24)6-14(12)23/h2-3,6-8,13,15,26-28H,4-5,10H2,1H3/t13-,15+/m0/s1. The summed E-state index contributed by atoms with van der Waals surface area (Å²) in [6.45, 7) is 0.567. The van der Waals surface area contributed by atoms with Gasteiger partial charge in [-0.25, -0.2) is 0 Å². The third-order valence-electron chi connectivity index (χ3n) is 5.74. The van der Waals surface area contributed by atoms with Gasteiger partial charge in [0.2, 0.25) is 0 Å². The van der Waals surface area contributed by atoms with Crippen LogP contribution in [0.25, 0.3) is 22.3 Å². The number of aromatic hydroxyl groups is 2. The predicted molar refractivity (Wildman–Crippen MR) is 112 cm³/mol. The first-order valence-electron chi connectivity index (χ1n) is 9.39. The topological polar surface area (TPSA) is 118 Å². The molecule has 0 unspecified atom stereocenters. The monoisotopic (exact) mass is 426 g/mol. The van der Waals surface area contributed by atoms with E-state index in [1.54, 1.807) is 12.1 Å². The van der Waals surface area contributed by atoms with E-state index in [9.17, 15) is 20.1 Å². The van der Waals surface area contributed by atoms with Crippen molar-refractivity contribution in [3.8, 4) is 28.9 Å². The molecule has 1 fully saturated rings. The summed E-state index contributed by atoms with van der Waals surface area (Å²) in [6.07, 6.45) is 0.640. The van der Waals surface area contributed by atoms with Crippen LogP contribution in [-0.2, 0) is 0 Å². The fourth-order valence-corrected chi connectivity index (χ4v) is 4.48. The van der Waals surface area contributed by atoms with Gasteiger partial charge in [-0.3, -0.25) is 4.79 Å².